The second kappa shape index (κ2) is 10.8. The molecule has 2 fully saturated rings. The fourth-order valence-electron chi connectivity index (χ4n) is 4.36. The molecule has 4 rings (SSSR count). The number of aryl methyl sites for hydroxylation is 1. The molecule has 2 aliphatic rings. The van der Waals surface area contributed by atoms with E-state index in [-0.39, 0.29) is 0 Å². The van der Waals surface area contributed by atoms with Crippen LogP contribution in [0.2, 0.25) is 0 Å². The zero-order valence-corrected chi connectivity index (χ0v) is 18.8. The molecule has 2 aliphatic heterocycles. The molecule has 1 N–H and O–H groups in total. The van der Waals surface area contributed by atoms with Crippen molar-refractivity contribution in [1.82, 2.24) is 20.0 Å². The molecule has 7 heteroatoms. The summed E-state index contributed by atoms with van der Waals surface area (Å²) in [5, 5.41) is 8.11. The van der Waals surface area contributed by atoms with Crippen molar-refractivity contribution < 1.29 is 9.47 Å². The van der Waals surface area contributed by atoms with Crippen molar-refractivity contribution in [2.24, 2.45) is 4.99 Å². The monoisotopic (exact) mass is 425 g/mol. The zero-order valence-electron chi connectivity index (χ0n) is 18.8. The summed E-state index contributed by atoms with van der Waals surface area (Å²) in [5.41, 5.74) is 3.30. The molecule has 0 saturated carbocycles. The maximum Gasteiger partial charge on any atom is 0.193 e. The molecule has 1 unspecified atom stereocenters. The highest BCUT2D eigenvalue weighted by molar-refractivity contribution is 5.80. The van der Waals surface area contributed by atoms with Crippen LogP contribution < -0.4 is 5.32 Å². The second-order valence-electron chi connectivity index (χ2n) is 8.44. The molecule has 1 aromatic carbocycles. The van der Waals surface area contributed by atoms with E-state index in [0.717, 1.165) is 62.9 Å². The zero-order chi connectivity index (χ0) is 21.5. The minimum atomic E-state index is 0.292. The van der Waals surface area contributed by atoms with Gasteiger partial charge >= 0.3 is 0 Å². The standard InChI is InChI=1S/C24H35N5O2/c1-19-10-15-29(27-19)23-9-4-3-7-20(23)17-26-24(25-2)28-13-11-21(12-14-28)31-18-22-8-5-6-16-30-22/h3-4,7,9-10,15,21-22H,5-6,8,11-14,16-18H2,1-2H3,(H,25,26). The summed E-state index contributed by atoms with van der Waals surface area (Å²) in [5.74, 6) is 0.945. The lowest BCUT2D eigenvalue weighted by Crippen LogP contribution is -2.47. The van der Waals surface area contributed by atoms with Gasteiger partial charge < -0.3 is 19.7 Å². The van der Waals surface area contributed by atoms with E-state index in [1.54, 1.807) is 0 Å². The van der Waals surface area contributed by atoms with Crippen LogP contribution in [-0.2, 0) is 16.0 Å². The Morgan fingerprint density at radius 1 is 1.19 bits per heavy atom. The Morgan fingerprint density at radius 3 is 2.74 bits per heavy atom. The average molecular weight is 426 g/mol. The number of nitrogens with zero attached hydrogens (tertiary/aromatic N) is 4. The van der Waals surface area contributed by atoms with Gasteiger partial charge in [-0.1, -0.05) is 18.2 Å². The number of aliphatic imine (C=N–C) groups is 1. The molecule has 3 heterocycles. The van der Waals surface area contributed by atoms with Gasteiger partial charge in [0.1, 0.15) is 0 Å². The summed E-state index contributed by atoms with van der Waals surface area (Å²) in [6, 6.07) is 10.4. The quantitative estimate of drug-likeness (QED) is 0.568. The van der Waals surface area contributed by atoms with E-state index in [1.807, 2.05) is 37.0 Å². The molecule has 0 bridgehead atoms. The van der Waals surface area contributed by atoms with Crippen molar-refractivity contribution in [1.29, 1.82) is 0 Å². The van der Waals surface area contributed by atoms with E-state index in [9.17, 15) is 0 Å². The third-order valence-corrected chi connectivity index (χ3v) is 6.14. The summed E-state index contributed by atoms with van der Waals surface area (Å²) in [4.78, 5) is 6.86. The number of likely N-dealkylation sites (tertiary alicyclic amines) is 1. The smallest absolute Gasteiger partial charge is 0.193 e. The lowest BCUT2D eigenvalue weighted by Gasteiger charge is -2.35. The molecular weight excluding hydrogens is 390 g/mol. The molecule has 1 atom stereocenters. The SMILES string of the molecule is CN=C(NCc1ccccc1-n1ccc(C)n1)N1CCC(OCC2CCCCO2)CC1. The Hall–Kier alpha value is -2.38. The summed E-state index contributed by atoms with van der Waals surface area (Å²) < 4.78 is 13.9. The molecule has 2 saturated heterocycles. The van der Waals surface area contributed by atoms with E-state index < -0.39 is 0 Å². The van der Waals surface area contributed by atoms with E-state index in [4.69, 9.17) is 9.47 Å². The average Bonchev–Trinajstić information content (AvgIpc) is 3.26. The first-order valence-electron chi connectivity index (χ1n) is 11.5. The predicted octanol–water partition coefficient (Wildman–Crippen LogP) is 3.31. The van der Waals surface area contributed by atoms with Gasteiger partial charge in [-0.25, -0.2) is 4.68 Å². The number of hydrogen-bond acceptors (Lipinski definition) is 4. The fraction of sp³-hybridized carbons (Fsp3) is 0.583. The van der Waals surface area contributed by atoms with Crippen molar-refractivity contribution in [2.45, 2.75) is 57.8 Å². The summed E-state index contributed by atoms with van der Waals surface area (Å²) in [6.45, 7) is 6.25. The minimum Gasteiger partial charge on any atom is -0.376 e. The molecule has 2 aromatic rings. The number of para-hydroxylation sites is 1. The number of rotatable bonds is 6. The second-order valence-corrected chi connectivity index (χ2v) is 8.44. The van der Waals surface area contributed by atoms with Crippen molar-refractivity contribution in [2.75, 3.05) is 33.4 Å². The Balaban J connectivity index is 1.27. The number of guanidine groups is 1. The first-order valence-corrected chi connectivity index (χ1v) is 11.5. The molecule has 1 aromatic heterocycles. The minimum absolute atomic E-state index is 0.292. The van der Waals surface area contributed by atoms with Crippen molar-refractivity contribution >= 4 is 5.96 Å². The highest BCUT2D eigenvalue weighted by Gasteiger charge is 2.24. The first kappa shape index (κ1) is 21.8. The molecule has 0 amide bonds. The fourth-order valence-corrected chi connectivity index (χ4v) is 4.36. The Bertz CT molecular complexity index is 851. The molecule has 31 heavy (non-hydrogen) atoms. The Labute approximate surface area is 185 Å². The van der Waals surface area contributed by atoms with Crippen molar-refractivity contribution in [3.05, 3.63) is 47.8 Å². The maximum absolute atomic E-state index is 6.16. The van der Waals surface area contributed by atoms with E-state index in [2.05, 4.69) is 38.5 Å². The molecular formula is C24H35N5O2. The van der Waals surface area contributed by atoms with Gasteiger partial charge in [-0.3, -0.25) is 4.99 Å². The topological polar surface area (TPSA) is 63.9 Å². The van der Waals surface area contributed by atoms with Crippen LogP contribution in [0.15, 0.2) is 41.5 Å². The molecule has 0 spiro atoms. The van der Waals surface area contributed by atoms with E-state index in [1.165, 1.54) is 18.4 Å². The number of hydrogen-bond donors (Lipinski definition) is 1. The predicted molar refractivity (Wildman–Crippen MR) is 123 cm³/mol. The summed E-state index contributed by atoms with van der Waals surface area (Å²) >= 11 is 0. The lowest BCUT2D eigenvalue weighted by atomic mass is 10.1. The molecule has 0 radical (unpaired) electrons. The highest BCUT2D eigenvalue weighted by atomic mass is 16.5. The van der Waals surface area contributed by atoms with Gasteiger partial charge in [-0.05, 0) is 56.7 Å². The van der Waals surface area contributed by atoms with Crippen LogP contribution in [0.1, 0.15) is 43.4 Å². The number of piperidine rings is 1. The van der Waals surface area contributed by atoms with Gasteiger partial charge in [0.05, 0.1) is 30.2 Å². The third-order valence-electron chi connectivity index (χ3n) is 6.14. The van der Waals surface area contributed by atoms with Crippen LogP contribution in [0.25, 0.3) is 5.69 Å². The number of benzene rings is 1. The van der Waals surface area contributed by atoms with Crippen molar-refractivity contribution in [3.63, 3.8) is 0 Å². The molecule has 168 valence electrons. The molecule has 7 nitrogen and oxygen atoms in total. The van der Waals surface area contributed by atoms with Crippen LogP contribution in [0, 0.1) is 6.92 Å². The number of nitrogens with one attached hydrogen (secondary N) is 1. The highest BCUT2D eigenvalue weighted by Crippen LogP contribution is 2.19. The van der Waals surface area contributed by atoms with Gasteiger partial charge in [0, 0.05) is 39.5 Å². The molecule has 0 aliphatic carbocycles. The van der Waals surface area contributed by atoms with Crippen LogP contribution in [-0.4, -0.2) is 66.2 Å². The van der Waals surface area contributed by atoms with Gasteiger partial charge in [0.15, 0.2) is 5.96 Å². The number of ether oxygens (including phenoxy) is 2. The van der Waals surface area contributed by atoms with Crippen LogP contribution in [0.5, 0.6) is 0 Å². The van der Waals surface area contributed by atoms with Gasteiger partial charge in [0.25, 0.3) is 0 Å². The van der Waals surface area contributed by atoms with Crippen LogP contribution >= 0.6 is 0 Å². The third kappa shape index (κ3) is 5.86. The van der Waals surface area contributed by atoms with Crippen LogP contribution in [0.4, 0.5) is 0 Å². The van der Waals surface area contributed by atoms with E-state index >= 15 is 0 Å². The van der Waals surface area contributed by atoms with Gasteiger partial charge in [-0.15, -0.1) is 0 Å². The van der Waals surface area contributed by atoms with Crippen LogP contribution in [0.3, 0.4) is 0 Å². The van der Waals surface area contributed by atoms with Crippen molar-refractivity contribution in [3.8, 4) is 5.69 Å². The van der Waals surface area contributed by atoms with Gasteiger partial charge in [0.2, 0.25) is 0 Å². The van der Waals surface area contributed by atoms with Gasteiger partial charge in [-0.2, -0.15) is 5.10 Å². The Kier molecular flexibility index (Phi) is 7.59. The maximum atomic E-state index is 6.16. The lowest BCUT2D eigenvalue weighted by molar-refractivity contribution is -0.0721. The summed E-state index contributed by atoms with van der Waals surface area (Å²) in [6.07, 6.45) is 8.25. The first-order chi connectivity index (χ1) is 15.2. The largest absolute Gasteiger partial charge is 0.376 e. The number of aromatic nitrogens is 2. The Morgan fingerprint density at radius 2 is 2.03 bits per heavy atom. The summed E-state index contributed by atoms with van der Waals surface area (Å²) in [7, 11) is 1.86. The van der Waals surface area contributed by atoms with E-state index in [0.29, 0.717) is 18.8 Å². The normalized spacial score (nSPS) is 20.8.